The number of thioether (sulfide) groups is 1. The smallest absolute Gasteiger partial charge is 0.270 e. The first-order valence-corrected chi connectivity index (χ1v) is 10.7. The highest BCUT2D eigenvalue weighted by Gasteiger charge is 2.23. The lowest BCUT2D eigenvalue weighted by Crippen LogP contribution is -2.44. The van der Waals surface area contributed by atoms with E-state index in [9.17, 15) is 24.5 Å². The van der Waals surface area contributed by atoms with Gasteiger partial charge in [0, 0.05) is 23.4 Å². The predicted octanol–water partition coefficient (Wildman–Crippen LogP) is 3.94. The van der Waals surface area contributed by atoms with Crippen LogP contribution in [0.5, 0.6) is 0 Å². The maximum Gasteiger partial charge on any atom is 0.270 e. The molecular weight excluding hydrogens is 430 g/mol. The number of anilines is 1. The van der Waals surface area contributed by atoms with Crippen molar-refractivity contribution in [1.29, 1.82) is 0 Å². The summed E-state index contributed by atoms with van der Waals surface area (Å²) in [7, 11) is 0. The Morgan fingerprint density at radius 1 is 1.20 bits per heavy atom. The maximum absolute atomic E-state index is 12.8. The number of nitrogens with one attached hydrogen (secondary N) is 2. The number of nitro groups is 1. The van der Waals surface area contributed by atoms with Gasteiger partial charge in [-0.3, -0.25) is 24.5 Å². The van der Waals surface area contributed by atoms with Crippen LogP contribution in [0.2, 0.25) is 5.02 Å². The zero-order valence-electron chi connectivity index (χ0n) is 16.3. The fourth-order valence-electron chi connectivity index (χ4n) is 2.59. The number of nitrogens with zero attached hydrogens (tertiary/aromatic N) is 1. The summed E-state index contributed by atoms with van der Waals surface area (Å²) in [4.78, 5) is 47.1. The summed E-state index contributed by atoms with van der Waals surface area (Å²) in [5.74, 6) is -0.587. The van der Waals surface area contributed by atoms with Crippen LogP contribution in [0.3, 0.4) is 0 Å². The minimum Gasteiger partial charge on any atom is -0.340 e. The summed E-state index contributed by atoms with van der Waals surface area (Å²) in [6, 6.07) is 9.13. The zero-order chi connectivity index (χ0) is 22.3. The van der Waals surface area contributed by atoms with Gasteiger partial charge in [0.2, 0.25) is 5.91 Å². The molecule has 0 bridgehead atoms. The van der Waals surface area contributed by atoms with Gasteiger partial charge in [-0.15, -0.1) is 0 Å². The van der Waals surface area contributed by atoms with E-state index in [0.717, 1.165) is 6.07 Å². The van der Waals surface area contributed by atoms with Crippen LogP contribution in [0.25, 0.3) is 0 Å². The first kappa shape index (κ1) is 23.4. The molecule has 0 heterocycles. The minimum absolute atomic E-state index is 0.0304. The van der Waals surface area contributed by atoms with Crippen LogP contribution >= 0.6 is 23.4 Å². The fraction of sp³-hybridized carbons (Fsp3) is 0.250. The SMILES string of the molecule is CSCCC(NC(=O)c1ccc([N+](=O)[O-])cc1Cl)C(=O)Nc1cccc(C(C)=O)c1. The number of non-ortho nitro benzene ring substituents is 1. The Balaban J connectivity index is 2.17. The average molecular weight is 450 g/mol. The number of hydrogen-bond donors (Lipinski definition) is 2. The summed E-state index contributed by atoms with van der Waals surface area (Å²) in [6.45, 7) is 1.43. The van der Waals surface area contributed by atoms with Crippen LogP contribution in [0.4, 0.5) is 11.4 Å². The summed E-state index contributed by atoms with van der Waals surface area (Å²) in [6.07, 6.45) is 2.23. The highest BCUT2D eigenvalue weighted by Crippen LogP contribution is 2.22. The molecule has 0 spiro atoms. The van der Waals surface area contributed by atoms with Crippen LogP contribution in [-0.4, -0.2) is 40.6 Å². The quantitative estimate of drug-likeness (QED) is 0.340. The number of ketones is 1. The first-order valence-electron chi connectivity index (χ1n) is 8.88. The lowest BCUT2D eigenvalue weighted by Gasteiger charge is -2.19. The van der Waals surface area contributed by atoms with Crippen LogP contribution < -0.4 is 10.6 Å². The van der Waals surface area contributed by atoms with E-state index in [4.69, 9.17) is 11.6 Å². The second kappa shape index (κ2) is 10.7. The van der Waals surface area contributed by atoms with Crippen LogP contribution in [-0.2, 0) is 4.79 Å². The molecule has 158 valence electrons. The van der Waals surface area contributed by atoms with Crippen molar-refractivity contribution in [3.05, 3.63) is 68.7 Å². The molecule has 1 unspecified atom stereocenters. The predicted molar refractivity (Wildman–Crippen MR) is 117 cm³/mol. The lowest BCUT2D eigenvalue weighted by molar-refractivity contribution is -0.384. The third-order valence-corrected chi connectivity index (χ3v) is 5.13. The molecule has 0 fully saturated rings. The first-order chi connectivity index (χ1) is 14.2. The highest BCUT2D eigenvalue weighted by molar-refractivity contribution is 7.98. The van der Waals surface area contributed by atoms with E-state index >= 15 is 0 Å². The van der Waals surface area contributed by atoms with Gasteiger partial charge in [-0.2, -0.15) is 11.8 Å². The standard InChI is InChI=1S/C20H20ClN3O5S/c1-12(25)13-4-3-5-14(10-13)22-20(27)18(8-9-30-2)23-19(26)16-7-6-15(24(28)29)11-17(16)21/h3-7,10-11,18H,8-9H2,1-2H3,(H,22,27)(H,23,26). The van der Waals surface area contributed by atoms with E-state index < -0.39 is 22.8 Å². The number of benzene rings is 2. The van der Waals surface area contributed by atoms with E-state index in [0.29, 0.717) is 23.4 Å². The third kappa shape index (κ3) is 6.30. The van der Waals surface area contributed by atoms with Crippen LogP contribution in [0, 0.1) is 10.1 Å². The second-order valence-electron chi connectivity index (χ2n) is 6.36. The van der Waals surface area contributed by atoms with Crippen molar-refractivity contribution in [2.24, 2.45) is 0 Å². The van der Waals surface area contributed by atoms with Crippen molar-refractivity contribution >= 4 is 52.3 Å². The van der Waals surface area contributed by atoms with Gasteiger partial charge in [-0.25, -0.2) is 0 Å². The van der Waals surface area contributed by atoms with E-state index in [1.54, 1.807) is 24.3 Å². The molecule has 2 aromatic carbocycles. The molecule has 0 aliphatic rings. The van der Waals surface area contributed by atoms with Crippen LogP contribution in [0.15, 0.2) is 42.5 Å². The largest absolute Gasteiger partial charge is 0.340 e. The lowest BCUT2D eigenvalue weighted by atomic mass is 10.1. The van der Waals surface area contributed by atoms with E-state index in [2.05, 4.69) is 10.6 Å². The number of carbonyl (C=O) groups excluding carboxylic acids is 3. The molecule has 0 aliphatic heterocycles. The number of amides is 2. The second-order valence-corrected chi connectivity index (χ2v) is 7.75. The average Bonchev–Trinajstić information content (AvgIpc) is 2.70. The Morgan fingerprint density at radius 2 is 1.93 bits per heavy atom. The summed E-state index contributed by atoms with van der Waals surface area (Å²) < 4.78 is 0. The molecule has 30 heavy (non-hydrogen) atoms. The van der Waals surface area contributed by atoms with Crippen molar-refractivity contribution in [3.63, 3.8) is 0 Å². The molecule has 1 atom stereocenters. The summed E-state index contributed by atoms with van der Waals surface area (Å²) in [5, 5.41) is 16.1. The number of nitro benzene ring substituents is 1. The van der Waals surface area contributed by atoms with E-state index in [-0.39, 0.29) is 22.1 Å². The third-order valence-electron chi connectivity index (χ3n) is 4.18. The van der Waals surface area contributed by atoms with Crippen LogP contribution in [0.1, 0.15) is 34.1 Å². The molecule has 10 heteroatoms. The molecule has 2 N–H and O–H groups in total. The van der Waals surface area contributed by atoms with Crippen molar-refractivity contribution in [1.82, 2.24) is 5.32 Å². The van der Waals surface area contributed by atoms with Gasteiger partial charge in [-0.1, -0.05) is 23.7 Å². The number of carbonyl (C=O) groups is 3. The number of hydrogen-bond acceptors (Lipinski definition) is 6. The molecule has 0 aromatic heterocycles. The molecule has 0 saturated heterocycles. The monoisotopic (exact) mass is 449 g/mol. The van der Waals surface area contributed by atoms with Crippen molar-refractivity contribution in [2.75, 3.05) is 17.3 Å². The fourth-order valence-corrected chi connectivity index (χ4v) is 3.32. The van der Waals surface area contributed by atoms with E-state index in [1.807, 2.05) is 6.26 Å². The van der Waals surface area contributed by atoms with Gasteiger partial charge < -0.3 is 10.6 Å². The van der Waals surface area contributed by atoms with Gasteiger partial charge >= 0.3 is 0 Å². The normalized spacial score (nSPS) is 11.4. The molecule has 0 saturated carbocycles. The number of Topliss-reactive ketones (excluding diaryl/α,β-unsaturated/α-hetero) is 1. The van der Waals surface area contributed by atoms with Gasteiger partial charge in [0.05, 0.1) is 15.5 Å². The topological polar surface area (TPSA) is 118 Å². The number of rotatable bonds is 9. The van der Waals surface area contributed by atoms with Crippen molar-refractivity contribution in [3.8, 4) is 0 Å². The maximum atomic E-state index is 12.8. The number of halogens is 1. The zero-order valence-corrected chi connectivity index (χ0v) is 17.9. The molecule has 8 nitrogen and oxygen atoms in total. The summed E-state index contributed by atoms with van der Waals surface area (Å²) in [5.41, 5.74) is 0.681. The molecule has 2 rings (SSSR count). The Bertz CT molecular complexity index is 983. The van der Waals surface area contributed by atoms with Gasteiger partial charge in [-0.05, 0) is 43.6 Å². The molecule has 2 aromatic rings. The van der Waals surface area contributed by atoms with Crippen molar-refractivity contribution in [2.45, 2.75) is 19.4 Å². The van der Waals surface area contributed by atoms with Crippen molar-refractivity contribution < 1.29 is 19.3 Å². The minimum atomic E-state index is -0.864. The Hall–Kier alpha value is -2.91. The molecule has 0 radical (unpaired) electrons. The molecular formula is C20H20ClN3O5S. The van der Waals surface area contributed by atoms with Gasteiger partial charge in [0.1, 0.15) is 6.04 Å². The Morgan fingerprint density at radius 3 is 2.53 bits per heavy atom. The van der Waals surface area contributed by atoms with Gasteiger partial charge in [0.25, 0.3) is 11.6 Å². The Labute approximate surface area is 182 Å². The molecule has 0 aliphatic carbocycles. The summed E-state index contributed by atoms with van der Waals surface area (Å²) >= 11 is 7.52. The van der Waals surface area contributed by atoms with E-state index in [1.165, 1.54) is 30.8 Å². The molecule has 2 amide bonds. The van der Waals surface area contributed by atoms with Gasteiger partial charge in [0.15, 0.2) is 5.78 Å². The highest BCUT2D eigenvalue weighted by atomic mass is 35.5. The Kier molecular flexibility index (Phi) is 8.37.